The highest BCUT2D eigenvalue weighted by Gasteiger charge is 2.36. The minimum absolute atomic E-state index is 0. The first kappa shape index (κ1) is 19.3. The van der Waals surface area contributed by atoms with Gasteiger partial charge in [0.2, 0.25) is 11.8 Å². The molecule has 0 aromatic heterocycles. The lowest BCUT2D eigenvalue weighted by molar-refractivity contribution is -0.126. The van der Waals surface area contributed by atoms with Crippen LogP contribution in [0.1, 0.15) is 18.9 Å². The quantitative estimate of drug-likeness (QED) is 0.844. The van der Waals surface area contributed by atoms with Crippen LogP contribution in [0.3, 0.4) is 0 Å². The number of hydrogen-bond acceptors (Lipinski definition) is 4. The maximum absolute atomic E-state index is 12.3. The Morgan fingerprint density at radius 2 is 2.22 bits per heavy atom. The second-order valence-corrected chi connectivity index (χ2v) is 5.73. The lowest BCUT2D eigenvalue weighted by Crippen LogP contribution is -2.41. The van der Waals surface area contributed by atoms with Gasteiger partial charge >= 0.3 is 0 Å². The van der Waals surface area contributed by atoms with Crippen molar-refractivity contribution < 1.29 is 14.3 Å². The number of hydrogen-bond donors (Lipinski definition) is 2. The fourth-order valence-corrected chi connectivity index (χ4v) is 2.55. The van der Waals surface area contributed by atoms with Crippen LogP contribution in [0.2, 0.25) is 0 Å². The Labute approximate surface area is 142 Å². The first-order valence-electron chi connectivity index (χ1n) is 7.41. The molecule has 1 aromatic rings. The highest BCUT2D eigenvalue weighted by molar-refractivity contribution is 6.01. The van der Waals surface area contributed by atoms with E-state index in [9.17, 15) is 9.59 Å². The van der Waals surface area contributed by atoms with E-state index in [0.29, 0.717) is 18.8 Å². The smallest absolute Gasteiger partial charge is 0.227 e. The molecule has 1 aliphatic heterocycles. The lowest BCUT2D eigenvalue weighted by atomic mass is 10.1. The van der Waals surface area contributed by atoms with Crippen LogP contribution in [0.25, 0.3) is 0 Å². The number of ether oxygens (including phenoxy) is 1. The number of carbonyl (C=O) groups excluding carboxylic acids is 2. The molecule has 1 unspecified atom stereocenters. The molecule has 3 N–H and O–H groups in total. The summed E-state index contributed by atoms with van der Waals surface area (Å²) in [4.78, 5) is 26.1. The SMILES string of the molecule is COc1ccc(C)cc1N1CC(C(=O)N[C@@H](C)CN)CC1=O.Cl. The van der Waals surface area contributed by atoms with Crippen molar-refractivity contribution in [1.82, 2.24) is 5.32 Å². The normalized spacial score (nSPS) is 18.3. The second-order valence-electron chi connectivity index (χ2n) is 5.73. The van der Waals surface area contributed by atoms with E-state index in [4.69, 9.17) is 10.5 Å². The van der Waals surface area contributed by atoms with Crippen LogP contribution < -0.4 is 20.7 Å². The zero-order valence-electron chi connectivity index (χ0n) is 13.7. The van der Waals surface area contributed by atoms with Gasteiger partial charge in [-0.1, -0.05) is 6.07 Å². The molecule has 1 saturated heterocycles. The summed E-state index contributed by atoms with van der Waals surface area (Å²) in [6.45, 7) is 4.54. The average molecular weight is 342 g/mol. The van der Waals surface area contributed by atoms with Gasteiger partial charge in [-0.25, -0.2) is 0 Å². The molecule has 1 aromatic carbocycles. The molecule has 2 amide bonds. The molecule has 7 heteroatoms. The number of halogens is 1. The average Bonchev–Trinajstić information content (AvgIpc) is 2.89. The van der Waals surface area contributed by atoms with Crippen LogP contribution in [-0.2, 0) is 9.59 Å². The van der Waals surface area contributed by atoms with Gasteiger partial charge in [-0.15, -0.1) is 12.4 Å². The van der Waals surface area contributed by atoms with Crippen molar-refractivity contribution in [2.75, 3.05) is 25.1 Å². The number of nitrogens with two attached hydrogens (primary N) is 1. The van der Waals surface area contributed by atoms with Crippen LogP contribution in [0.5, 0.6) is 5.75 Å². The Balaban J connectivity index is 0.00000264. The van der Waals surface area contributed by atoms with Crippen molar-refractivity contribution in [3.8, 4) is 5.75 Å². The van der Waals surface area contributed by atoms with Crippen molar-refractivity contribution in [2.45, 2.75) is 26.3 Å². The topological polar surface area (TPSA) is 84.7 Å². The first-order chi connectivity index (χ1) is 10.5. The minimum Gasteiger partial charge on any atom is -0.495 e. The molecular formula is C16H24ClN3O3. The van der Waals surface area contributed by atoms with Gasteiger partial charge in [0.25, 0.3) is 0 Å². The number of methoxy groups -OCH3 is 1. The maximum Gasteiger partial charge on any atom is 0.227 e. The number of carbonyl (C=O) groups is 2. The largest absolute Gasteiger partial charge is 0.495 e. The Morgan fingerprint density at radius 3 is 2.83 bits per heavy atom. The highest BCUT2D eigenvalue weighted by Crippen LogP contribution is 2.33. The summed E-state index contributed by atoms with van der Waals surface area (Å²) in [6.07, 6.45) is 0.209. The number of aryl methyl sites for hydroxylation is 1. The Hall–Kier alpha value is -1.79. The van der Waals surface area contributed by atoms with Crippen molar-refractivity contribution in [2.24, 2.45) is 11.7 Å². The second kappa shape index (κ2) is 8.17. The van der Waals surface area contributed by atoms with E-state index in [1.807, 2.05) is 32.0 Å². The molecule has 6 nitrogen and oxygen atoms in total. The van der Waals surface area contributed by atoms with E-state index in [2.05, 4.69) is 5.32 Å². The first-order valence-corrected chi connectivity index (χ1v) is 7.41. The molecule has 1 aliphatic rings. The fourth-order valence-electron chi connectivity index (χ4n) is 2.55. The molecule has 2 atom stereocenters. The summed E-state index contributed by atoms with van der Waals surface area (Å²) in [5, 5.41) is 2.83. The predicted octanol–water partition coefficient (Wildman–Crippen LogP) is 1.24. The van der Waals surface area contributed by atoms with Crippen molar-refractivity contribution in [1.29, 1.82) is 0 Å². The van der Waals surface area contributed by atoms with Gasteiger partial charge in [-0.3, -0.25) is 9.59 Å². The third kappa shape index (κ3) is 4.36. The third-order valence-corrected chi connectivity index (χ3v) is 3.86. The number of nitrogens with zero attached hydrogens (tertiary/aromatic N) is 1. The van der Waals surface area contributed by atoms with E-state index in [0.717, 1.165) is 11.3 Å². The fraction of sp³-hybridized carbons (Fsp3) is 0.500. The maximum atomic E-state index is 12.3. The van der Waals surface area contributed by atoms with Gasteiger partial charge in [-0.2, -0.15) is 0 Å². The van der Waals surface area contributed by atoms with Crippen molar-refractivity contribution in [3.05, 3.63) is 23.8 Å². The molecule has 1 heterocycles. The minimum atomic E-state index is -0.355. The Kier molecular flexibility index (Phi) is 6.84. The molecule has 0 radical (unpaired) electrons. The lowest BCUT2D eigenvalue weighted by Gasteiger charge is -2.20. The molecule has 0 saturated carbocycles. The Bertz CT molecular complexity index is 580. The zero-order chi connectivity index (χ0) is 16.3. The van der Waals surface area contributed by atoms with E-state index < -0.39 is 0 Å². The number of nitrogens with one attached hydrogen (secondary N) is 1. The van der Waals surface area contributed by atoms with E-state index >= 15 is 0 Å². The summed E-state index contributed by atoms with van der Waals surface area (Å²) in [5.41, 5.74) is 7.26. The Morgan fingerprint density at radius 1 is 1.52 bits per heavy atom. The van der Waals surface area contributed by atoms with Crippen LogP contribution >= 0.6 is 12.4 Å². The number of benzene rings is 1. The zero-order valence-corrected chi connectivity index (χ0v) is 14.5. The summed E-state index contributed by atoms with van der Waals surface area (Å²) in [7, 11) is 1.57. The number of rotatable bonds is 5. The molecule has 0 spiro atoms. The molecule has 128 valence electrons. The van der Waals surface area contributed by atoms with Crippen LogP contribution in [0.4, 0.5) is 5.69 Å². The third-order valence-electron chi connectivity index (χ3n) is 3.86. The number of amides is 2. The predicted molar refractivity (Wildman–Crippen MR) is 92.1 cm³/mol. The van der Waals surface area contributed by atoms with Gasteiger partial charge in [0.1, 0.15) is 5.75 Å². The van der Waals surface area contributed by atoms with E-state index in [1.165, 1.54) is 0 Å². The van der Waals surface area contributed by atoms with Gasteiger partial charge in [-0.05, 0) is 31.5 Å². The molecule has 2 rings (SSSR count). The van der Waals surface area contributed by atoms with Gasteiger partial charge in [0.15, 0.2) is 0 Å². The van der Waals surface area contributed by atoms with Gasteiger partial charge in [0.05, 0.1) is 18.7 Å². The summed E-state index contributed by atoms with van der Waals surface area (Å²) in [5.74, 6) is 0.0897. The van der Waals surface area contributed by atoms with Crippen LogP contribution in [0.15, 0.2) is 18.2 Å². The molecule has 0 aliphatic carbocycles. The van der Waals surface area contributed by atoms with Crippen molar-refractivity contribution >= 4 is 29.9 Å². The summed E-state index contributed by atoms with van der Waals surface area (Å²) >= 11 is 0. The standard InChI is InChI=1S/C16H23N3O3.ClH/c1-10-4-5-14(22-3)13(6-10)19-9-12(7-15(19)20)16(21)18-11(2)8-17;/h4-6,11-12H,7-9,17H2,1-3H3,(H,18,21);1H/t11-,12?;/m0./s1. The van der Waals surface area contributed by atoms with E-state index in [1.54, 1.807) is 12.0 Å². The molecule has 1 fully saturated rings. The monoisotopic (exact) mass is 341 g/mol. The highest BCUT2D eigenvalue weighted by atomic mass is 35.5. The molecule has 0 bridgehead atoms. The molecule has 23 heavy (non-hydrogen) atoms. The van der Waals surface area contributed by atoms with Gasteiger partial charge in [0, 0.05) is 25.6 Å². The van der Waals surface area contributed by atoms with Gasteiger partial charge < -0.3 is 20.7 Å². The van der Waals surface area contributed by atoms with Crippen LogP contribution in [-0.4, -0.2) is 38.1 Å². The summed E-state index contributed by atoms with van der Waals surface area (Å²) < 4.78 is 5.33. The van der Waals surface area contributed by atoms with Crippen molar-refractivity contribution in [3.63, 3.8) is 0 Å². The van der Waals surface area contributed by atoms with E-state index in [-0.39, 0.29) is 42.6 Å². The summed E-state index contributed by atoms with van der Waals surface area (Å²) in [6, 6.07) is 5.57. The van der Waals surface area contributed by atoms with Crippen LogP contribution in [0, 0.1) is 12.8 Å². The molecular weight excluding hydrogens is 318 g/mol. The number of anilines is 1.